The number of rotatable bonds is 4. The molecule has 5 aliphatic rings. The van der Waals surface area contributed by atoms with Gasteiger partial charge in [-0.2, -0.15) is 0 Å². The Kier molecular flexibility index (Phi) is 3.46. The molecule has 7 rings (SSSR count). The molecular formula is C22H26N2O2S. The Morgan fingerprint density at radius 2 is 2.00 bits per heavy atom. The second-order valence-corrected chi connectivity index (χ2v) is 9.92. The second-order valence-electron chi connectivity index (χ2n) is 8.87. The number of piperidine rings is 3. The Morgan fingerprint density at radius 1 is 1.22 bits per heavy atom. The number of thiophene rings is 1. The van der Waals surface area contributed by atoms with Crippen LogP contribution in [0.15, 0.2) is 18.2 Å². The van der Waals surface area contributed by atoms with Crippen molar-refractivity contribution in [1.29, 1.82) is 0 Å². The first kappa shape index (κ1) is 16.4. The van der Waals surface area contributed by atoms with Crippen molar-refractivity contribution in [2.75, 3.05) is 20.2 Å². The van der Waals surface area contributed by atoms with Crippen molar-refractivity contribution >= 4 is 27.3 Å². The lowest BCUT2D eigenvalue weighted by molar-refractivity contribution is -0.00138. The van der Waals surface area contributed by atoms with E-state index in [4.69, 9.17) is 4.74 Å². The second kappa shape index (κ2) is 5.71. The summed E-state index contributed by atoms with van der Waals surface area (Å²) >= 11 is 1.59. The van der Waals surface area contributed by atoms with Gasteiger partial charge in [0.25, 0.3) is 5.91 Å². The molecule has 3 saturated heterocycles. The van der Waals surface area contributed by atoms with Crippen molar-refractivity contribution in [3.05, 3.63) is 28.6 Å². The monoisotopic (exact) mass is 382 g/mol. The van der Waals surface area contributed by atoms with Gasteiger partial charge >= 0.3 is 0 Å². The molecule has 2 bridgehead atoms. The molecule has 1 aromatic carbocycles. The zero-order valence-electron chi connectivity index (χ0n) is 15.8. The van der Waals surface area contributed by atoms with Crippen LogP contribution >= 0.6 is 11.3 Å². The van der Waals surface area contributed by atoms with Gasteiger partial charge in [-0.25, -0.2) is 0 Å². The summed E-state index contributed by atoms with van der Waals surface area (Å²) in [5, 5.41) is 4.58. The number of hydrogen-bond acceptors (Lipinski definition) is 4. The van der Waals surface area contributed by atoms with Gasteiger partial charge in [0.1, 0.15) is 5.75 Å². The van der Waals surface area contributed by atoms with Gasteiger partial charge in [-0.15, -0.1) is 11.3 Å². The number of hydrogen-bond donors (Lipinski definition) is 1. The van der Waals surface area contributed by atoms with Crippen LogP contribution in [0.4, 0.5) is 0 Å². The van der Waals surface area contributed by atoms with E-state index < -0.39 is 0 Å². The Morgan fingerprint density at radius 3 is 2.67 bits per heavy atom. The van der Waals surface area contributed by atoms with E-state index in [-0.39, 0.29) is 11.4 Å². The van der Waals surface area contributed by atoms with Crippen LogP contribution in [0.1, 0.15) is 59.7 Å². The molecule has 0 radical (unpaired) electrons. The van der Waals surface area contributed by atoms with Crippen LogP contribution in [0.5, 0.6) is 5.75 Å². The highest BCUT2D eigenvalue weighted by molar-refractivity contribution is 7.21. The summed E-state index contributed by atoms with van der Waals surface area (Å²) in [7, 11) is 1.75. The number of nitrogens with one attached hydrogen (secondary N) is 1. The van der Waals surface area contributed by atoms with E-state index in [2.05, 4.69) is 28.4 Å². The largest absolute Gasteiger partial charge is 0.495 e. The molecule has 4 nitrogen and oxygen atoms in total. The van der Waals surface area contributed by atoms with Gasteiger partial charge in [-0.1, -0.05) is 12.1 Å². The maximum absolute atomic E-state index is 13.1. The third-order valence-electron chi connectivity index (χ3n) is 7.39. The quantitative estimate of drug-likeness (QED) is 0.864. The van der Waals surface area contributed by atoms with E-state index in [0.717, 1.165) is 20.7 Å². The van der Waals surface area contributed by atoms with Gasteiger partial charge in [0.15, 0.2) is 0 Å². The van der Waals surface area contributed by atoms with E-state index in [1.165, 1.54) is 57.2 Å². The van der Waals surface area contributed by atoms with Crippen molar-refractivity contribution < 1.29 is 9.53 Å². The predicted molar refractivity (Wildman–Crippen MR) is 108 cm³/mol. The van der Waals surface area contributed by atoms with Crippen LogP contribution in [0.2, 0.25) is 0 Å². The van der Waals surface area contributed by atoms with Gasteiger partial charge in [0.2, 0.25) is 0 Å². The highest BCUT2D eigenvalue weighted by Gasteiger charge is 2.60. The van der Waals surface area contributed by atoms with Crippen molar-refractivity contribution in [3.8, 4) is 5.75 Å². The molecule has 142 valence electrons. The molecule has 1 atom stereocenters. The third-order valence-corrected chi connectivity index (χ3v) is 8.53. The third kappa shape index (κ3) is 2.40. The van der Waals surface area contributed by atoms with Crippen molar-refractivity contribution in [2.45, 2.75) is 56.0 Å². The minimum atomic E-state index is 0.108. The fraction of sp³-hybridized carbons (Fsp3) is 0.591. The minimum absolute atomic E-state index is 0.108. The molecule has 2 saturated carbocycles. The number of benzene rings is 1. The van der Waals surface area contributed by atoms with Gasteiger partial charge in [0.05, 0.1) is 22.7 Å². The predicted octanol–water partition coefficient (Wildman–Crippen LogP) is 4.14. The van der Waals surface area contributed by atoms with Crippen LogP contribution in [0.25, 0.3) is 10.1 Å². The topological polar surface area (TPSA) is 41.6 Å². The molecule has 1 spiro atoms. The lowest BCUT2D eigenvalue weighted by atomic mass is 9.77. The van der Waals surface area contributed by atoms with Gasteiger partial charge in [-0.05, 0) is 80.5 Å². The van der Waals surface area contributed by atoms with E-state index in [0.29, 0.717) is 17.9 Å². The van der Waals surface area contributed by atoms with E-state index in [1.807, 2.05) is 0 Å². The van der Waals surface area contributed by atoms with Crippen LogP contribution in [0.3, 0.4) is 0 Å². The molecule has 2 aromatic rings. The first-order valence-electron chi connectivity index (χ1n) is 10.4. The van der Waals surface area contributed by atoms with Crippen molar-refractivity contribution in [1.82, 2.24) is 10.2 Å². The average Bonchev–Trinajstić information content (AvgIpc) is 3.62. The van der Waals surface area contributed by atoms with Crippen molar-refractivity contribution in [2.24, 2.45) is 5.92 Å². The summed E-state index contributed by atoms with van der Waals surface area (Å²) in [6.45, 7) is 2.45. The Balaban J connectivity index is 1.31. The number of fused-ring (bicyclic) bond motifs is 3. The fourth-order valence-corrected chi connectivity index (χ4v) is 6.76. The lowest BCUT2D eigenvalue weighted by Crippen LogP contribution is -2.65. The van der Waals surface area contributed by atoms with Crippen LogP contribution in [-0.4, -0.2) is 42.6 Å². The Hall–Kier alpha value is -1.59. The molecular weight excluding hydrogens is 356 g/mol. The Bertz CT molecular complexity index is 920. The molecule has 2 aliphatic carbocycles. The molecule has 0 unspecified atom stereocenters. The normalized spacial score (nSPS) is 30.6. The summed E-state index contributed by atoms with van der Waals surface area (Å²) in [6.07, 6.45) is 7.47. The maximum Gasteiger partial charge on any atom is 0.261 e. The van der Waals surface area contributed by atoms with Crippen LogP contribution < -0.4 is 10.1 Å². The molecule has 4 heterocycles. The summed E-state index contributed by atoms with van der Waals surface area (Å²) in [6, 6.07) is 6.74. The first-order valence-corrected chi connectivity index (χ1v) is 11.2. The number of ether oxygens (including phenoxy) is 1. The molecule has 1 N–H and O–H groups in total. The van der Waals surface area contributed by atoms with Gasteiger partial charge in [0, 0.05) is 5.54 Å². The summed E-state index contributed by atoms with van der Waals surface area (Å²) < 4.78 is 6.89. The zero-order chi connectivity index (χ0) is 18.2. The number of carbonyl (C=O) groups excluding carboxylic acids is 1. The first-order chi connectivity index (χ1) is 13.2. The van der Waals surface area contributed by atoms with E-state index in [9.17, 15) is 4.79 Å². The molecule has 1 amide bonds. The van der Waals surface area contributed by atoms with Crippen LogP contribution in [-0.2, 0) is 0 Å². The van der Waals surface area contributed by atoms with Gasteiger partial charge < -0.3 is 10.1 Å². The van der Waals surface area contributed by atoms with E-state index >= 15 is 0 Å². The molecule has 5 fully saturated rings. The maximum atomic E-state index is 13.1. The highest BCUT2D eigenvalue weighted by atomic mass is 32.1. The van der Waals surface area contributed by atoms with Crippen LogP contribution in [0, 0.1) is 5.92 Å². The smallest absolute Gasteiger partial charge is 0.261 e. The number of methoxy groups -OCH3 is 1. The number of carbonyl (C=O) groups is 1. The zero-order valence-corrected chi connectivity index (χ0v) is 16.6. The number of amides is 1. The molecule has 27 heavy (non-hydrogen) atoms. The average molecular weight is 383 g/mol. The van der Waals surface area contributed by atoms with Gasteiger partial charge in [-0.3, -0.25) is 9.69 Å². The number of nitrogens with zero attached hydrogens (tertiary/aromatic N) is 1. The summed E-state index contributed by atoms with van der Waals surface area (Å²) in [5.74, 6) is 2.40. The van der Waals surface area contributed by atoms with Crippen molar-refractivity contribution in [3.63, 3.8) is 0 Å². The SMILES string of the molecule is COc1c(C2CC2)ccc2cc(C(=O)N[C@@H]3C4CCN(CC4)C34CC4)sc12. The molecule has 3 aliphatic heterocycles. The summed E-state index contributed by atoms with van der Waals surface area (Å²) in [4.78, 5) is 16.6. The standard InChI is InChI=1S/C22H26N2O2S/c1-26-18-16(13-2-3-13)5-4-15-12-17(27-19(15)18)21(25)23-20-14-6-10-24(11-7-14)22(20)8-9-22/h4-5,12-14,20H,2-3,6-11H2,1H3,(H,23,25)/t20-/m1/s1. The Labute approximate surface area is 163 Å². The minimum Gasteiger partial charge on any atom is -0.495 e. The molecule has 1 aromatic heterocycles. The molecule has 5 heteroatoms. The highest BCUT2D eigenvalue weighted by Crippen LogP contribution is 2.54. The fourth-order valence-electron chi connectivity index (χ4n) is 5.66. The van der Waals surface area contributed by atoms with E-state index in [1.54, 1.807) is 18.4 Å². The lowest BCUT2D eigenvalue weighted by Gasteiger charge is -2.52. The summed E-state index contributed by atoms with van der Waals surface area (Å²) in [5.41, 5.74) is 1.60.